The molecule has 0 amide bonds. The first-order valence-electron chi connectivity index (χ1n) is 26.0. The zero-order valence-corrected chi connectivity index (χ0v) is 43.1. The average Bonchev–Trinajstić information content (AvgIpc) is 3.98. The second-order valence-corrected chi connectivity index (χ2v) is 21.4. The smallest absolute Gasteiger partial charge is 0.137 e. The summed E-state index contributed by atoms with van der Waals surface area (Å²) in [5.74, 6) is 2.37. The van der Waals surface area contributed by atoms with Crippen LogP contribution in [0.2, 0.25) is 0 Å². The summed E-state index contributed by atoms with van der Waals surface area (Å²) in [5, 5.41) is 2.29. The van der Waals surface area contributed by atoms with Crippen LogP contribution < -0.4 is 24.3 Å². The molecule has 5 heterocycles. The first-order chi connectivity index (χ1) is 36.6. The van der Waals surface area contributed by atoms with E-state index in [1.54, 1.807) is 0 Å². The minimum absolute atomic E-state index is 0.216. The van der Waals surface area contributed by atoms with Crippen molar-refractivity contribution in [2.24, 2.45) is 0 Å². The quantitative estimate of drug-likeness (QED) is 0.158. The minimum Gasteiger partial charge on any atom is -0.457 e. The summed E-state index contributed by atoms with van der Waals surface area (Å²) in [6, 6.07) is 76.9. The third kappa shape index (κ3) is 6.77. The number of aryl methyl sites for hydroxylation is 1. The lowest BCUT2D eigenvalue weighted by atomic mass is 9.73. The Balaban J connectivity index is 0.944. The number of hydrogen-bond donors (Lipinski definition) is 0. The van der Waals surface area contributed by atoms with Crippen LogP contribution in [-0.4, -0.2) is 23.3 Å². The Kier molecular flexibility index (Phi) is 9.95. The van der Waals surface area contributed by atoms with Crippen molar-refractivity contribution in [3.05, 3.63) is 246 Å². The van der Waals surface area contributed by atoms with Crippen LogP contribution in [0.4, 0.5) is 51.2 Å². The second kappa shape index (κ2) is 16.7. The number of fused-ring (bicyclic) bond motifs is 8. The molecule has 3 aliphatic heterocycles. The van der Waals surface area contributed by atoms with Crippen molar-refractivity contribution in [1.82, 2.24) is 9.55 Å². The first-order valence-corrected chi connectivity index (χ1v) is 26.0. The van der Waals surface area contributed by atoms with Crippen LogP contribution in [0.1, 0.15) is 55.5 Å². The summed E-state index contributed by atoms with van der Waals surface area (Å²) in [6.07, 6.45) is 2.12. The molecule has 0 saturated heterocycles. The summed E-state index contributed by atoms with van der Waals surface area (Å²) >= 11 is 0. The Labute approximate surface area is 438 Å². The molecule has 0 aliphatic carbocycles. The molecule has 7 heteroatoms. The molecule has 9 aromatic carbocycles. The van der Waals surface area contributed by atoms with Crippen molar-refractivity contribution in [2.75, 3.05) is 33.3 Å². The summed E-state index contributed by atoms with van der Waals surface area (Å²) in [6.45, 7) is 12.4. The van der Waals surface area contributed by atoms with Gasteiger partial charge in [-0.3, -0.25) is 4.57 Å². The second-order valence-electron chi connectivity index (χ2n) is 21.4. The van der Waals surface area contributed by atoms with E-state index in [4.69, 9.17) is 9.72 Å². The molecule has 0 atom stereocenters. The van der Waals surface area contributed by atoms with Gasteiger partial charge in [0.05, 0.1) is 63.2 Å². The number of ether oxygens (including phenoxy) is 1. The molecule has 0 bridgehead atoms. The standard InChI is InChI=1S/C68H56N6O/c1-44-39-65(74-55-28-12-7-23-48(55)49-38-37-47(41-64(49)74)75-46-22-19-21-45(40-46)71-43-70(6)60-33-17-18-34-61(60)71)69-42-50(44)66-62(72-56-29-13-8-24-51(56)67(2,3)52-25-9-14-30-57(52)72)35-20-36-63(66)73-58-31-15-10-26-53(58)68(4,5)54-27-11-16-32-59(54)73/h7-42H,43H2,1-6H3. The van der Waals surface area contributed by atoms with E-state index in [0.717, 1.165) is 79.5 Å². The number of hydrogen-bond acceptors (Lipinski definition) is 6. The highest BCUT2D eigenvalue weighted by Gasteiger charge is 2.41. The summed E-state index contributed by atoms with van der Waals surface area (Å²) < 4.78 is 9.07. The average molecular weight is 973 g/mol. The van der Waals surface area contributed by atoms with Crippen molar-refractivity contribution in [1.29, 1.82) is 0 Å². The van der Waals surface area contributed by atoms with Gasteiger partial charge in [0.25, 0.3) is 0 Å². The molecule has 2 aromatic heterocycles. The van der Waals surface area contributed by atoms with Crippen LogP contribution in [0.25, 0.3) is 38.8 Å². The lowest BCUT2D eigenvalue weighted by Gasteiger charge is -2.44. The first kappa shape index (κ1) is 44.6. The van der Waals surface area contributed by atoms with Crippen LogP contribution in [0.15, 0.2) is 219 Å². The minimum atomic E-state index is -0.216. The predicted octanol–water partition coefficient (Wildman–Crippen LogP) is 17.7. The monoisotopic (exact) mass is 972 g/mol. The molecule has 364 valence electrons. The van der Waals surface area contributed by atoms with Crippen molar-refractivity contribution in [3.63, 3.8) is 0 Å². The number of para-hydroxylation sites is 7. The Morgan fingerprint density at radius 3 is 1.51 bits per heavy atom. The van der Waals surface area contributed by atoms with Gasteiger partial charge in [-0.25, -0.2) is 4.98 Å². The molecule has 14 rings (SSSR count). The van der Waals surface area contributed by atoms with E-state index in [-0.39, 0.29) is 10.8 Å². The summed E-state index contributed by atoms with van der Waals surface area (Å²) in [5.41, 5.74) is 20.4. The highest BCUT2D eigenvalue weighted by atomic mass is 16.5. The molecule has 75 heavy (non-hydrogen) atoms. The maximum atomic E-state index is 6.77. The number of benzene rings is 9. The number of rotatable bonds is 7. The lowest BCUT2D eigenvalue weighted by molar-refractivity contribution is 0.483. The van der Waals surface area contributed by atoms with E-state index in [0.29, 0.717) is 0 Å². The molecule has 11 aromatic rings. The Hall–Kier alpha value is -9.07. The zero-order valence-electron chi connectivity index (χ0n) is 43.1. The SMILES string of the molecule is Cc1cc(-n2c3ccccc3c3ccc(Oc4cccc(N5CN(C)c6ccccc65)c4)cc32)ncc1-c1c(N2c3ccccc3C(C)(C)c3ccccc32)cccc1N1c2ccccc2C(C)(C)c2ccccc21. The number of aromatic nitrogens is 2. The van der Waals surface area contributed by atoms with Gasteiger partial charge in [0, 0.05) is 63.8 Å². The maximum absolute atomic E-state index is 6.77. The molecule has 0 N–H and O–H groups in total. The van der Waals surface area contributed by atoms with E-state index in [9.17, 15) is 0 Å². The van der Waals surface area contributed by atoms with Crippen molar-refractivity contribution >= 4 is 73.0 Å². The highest BCUT2D eigenvalue weighted by molar-refractivity contribution is 6.10. The lowest BCUT2D eigenvalue weighted by Crippen LogP contribution is -2.32. The van der Waals surface area contributed by atoms with Crippen molar-refractivity contribution in [2.45, 2.75) is 45.4 Å². The van der Waals surface area contributed by atoms with E-state index in [2.05, 4.69) is 278 Å². The molecule has 0 spiro atoms. The predicted molar refractivity (Wildman–Crippen MR) is 311 cm³/mol. The maximum Gasteiger partial charge on any atom is 0.137 e. The van der Waals surface area contributed by atoms with E-state index in [1.807, 2.05) is 6.07 Å². The van der Waals surface area contributed by atoms with Crippen LogP contribution in [-0.2, 0) is 10.8 Å². The summed E-state index contributed by atoms with van der Waals surface area (Å²) in [7, 11) is 2.14. The van der Waals surface area contributed by atoms with Gasteiger partial charge < -0.3 is 24.3 Å². The normalized spacial score (nSPS) is 14.9. The molecular weight excluding hydrogens is 917 g/mol. The summed E-state index contributed by atoms with van der Waals surface area (Å²) in [4.78, 5) is 15.1. The van der Waals surface area contributed by atoms with Gasteiger partial charge in [-0.15, -0.1) is 0 Å². The van der Waals surface area contributed by atoms with Gasteiger partial charge in [-0.05, 0) is 120 Å². The molecule has 7 nitrogen and oxygen atoms in total. The van der Waals surface area contributed by atoms with Crippen LogP contribution in [0, 0.1) is 6.92 Å². The van der Waals surface area contributed by atoms with Crippen LogP contribution in [0.3, 0.4) is 0 Å². The van der Waals surface area contributed by atoms with Crippen LogP contribution in [0.5, 0.6) is 11.5 Å². The molecule has 3 aliphatic rings. The highest BCUT2D eigenvalue weighted by Crippen LogP contribution is 2.58. The molecular formula is C68H56N6O. The number of anilines is 9. The van der Waals surface area contributed by atoms with Gasteiger partial charge >= 0.3 is 0 Å². The number of pyridine rings is 1. The fourth-order valence-corrected chi connectivity index (χ4v) is 12.7. The van der Waals surface area contributed by atoms with Gasteiger partial charge in [0.2, 0.25) is 0 Å². The number of nitrogens with zero attached hydrogens (tertiary/aromatic N) is 6. The zero-order chi connectivity index (χ0) is 50.7. The van der Waals surface area contributed by atoms with Gasteiger partial charge in [-0.2, -0.15) is 0 Å². The largest absolute Gasteiger partial charge is 0.457 e. The Morgan fingerprint density at radius 1 is 0.440 bits per heavy atom. The molecule has 0 fully saturated rings. The van der Waals surface area contributed by atoms with E-state index in [1.165, 1.54) is 56.4 Å². The fraction of sp³-hybridized carbons (Fsp3) is 0.132. The topological polar surface area (TPSA) is 40.0 Å². The Morgan fingerprint density at radius 2 is 0.920 bits per heavy atom. The van der Waals surface area contributed by atoms with Gasteiger partial charge in [-0.1, -0.05) is 143 Å². The fourth-order valence-electron chi connectivity index (χ4n) is 12.7. The molecule has 0 saturated carbocycles. The third-order valence-electron chi connectivity index (χ3n) is 16.3. The van der Waals surface area contributed by atoms with Gasteiger partial charge in [0.1, 0.15) is 17.3 Å². The van der Waals surface area contributed by atoms with Crippen LogP contribution >= 0.6 is 0 Å². The van der Waals surface area contributed by atoms with E-state index < -0.39 is 0 Å². The van der Waals surface area contributed by atoms with Crippen molar-refractivity contribution in [3.8, 4) is 28.4 Å². The van der Waals surface area contributed by atoms with Crippen molar-refractivity contribution < 1.29 is 4.74 Å². The molecule has 0 unspecified atom stereocenters. The van der Waals surface area contributed by atoms with E-state index >= 15 is 0 Å². The molecule has 0 radical (unpaired) electrons. The third-order valence-corrected chi connectivity index (χ3v) is 16.3. The van der Waals surface area contributed by atoms with Gasteiger partial charge in [0.15, 0.2) is 0 Å². The Bertz CT molecular complexity index is 3890.